The summed E-state index contributed by atoms with van der Waals surface area (Å²) >= 11 is 0. The van der Waals surface area contributed by atoms with E-state index in [1.54, 1.807) is 0 Å². The zero-order valence-corrected chi connectivity index (χ0v) is 14.7. The molecule has 0 unspecified atom stereocenters. The van der Waals surface area contributed by atoms with Gasteiger partial charge in [-0.1, -0.05) is 39.0 Å². The summed E-state index contributed by atoms with van der Waals surface area (Å²) in [5, 5.41) is 8.89. The first-order valence-corrected chi connectivity index (χ1v) is 9.09. The summed E-state index contributed by atoms with van der Waals surface area (Å²) in [5.74, 6) is -1.08. The van der Waals surface area contributed by atoms with E-state index in [-0.39, 0.29) is 0 Å². The third kappa shape index (κ3) is 11.7. The Labute approximate surface area is 132 Å². The molecule has 0 aromatic rings. The minimum absolute atomic E-state index is 0.972. The maximum absolute atomic E-state index is 8.89. The number of quaternary nitrogens is 1. The number of nitrogens with zero attached hydrogens (tertiary/aromatic N) is 1. The number of hydrogen-bond acceptors (Lipinski definition) is 2. The average molecular weight is 299 g/mol. The Morgan fingerprint density at radius 2 is 1.38 bits per heavy atom. The van der Waals surface area contributed by atoms with Gasteiger partial charge in [0, 0.05) is 5.97 Å². The highest BCUT2D eigenvalue weighted by Gasteiger charge is 2.26. The molecule has 0 radical (unpaired) electrons. The highest BCUT2D eigenvalue weighted by atomic mass is 16.4. The standard InChI is InChI=1S/C16H34N.C2H4O2/c1-3-5-6-7-8-9-11-14-17(4-2)15-12-10-13-16-17;1-2(3)4/h3-16H2,1-2H3;1H3,(H,3,4)/q+1;/p-1. The molecule has 0 aliphatic carbocycles. The van der Waals surface area contributed by atoms with Crippen molar-refractivity contribution in [3.05, 3.63) is 0 Å². The molecular weight excluding hydrogens is 262 g/mol. The van der Waals surface area contributed by atoms with Crippen molar-refractivity contribution in [3.63, 3.8) is 0 Å². The number of carbonyl (C=O) groups excluding carboxylic acids is 1. The Kier molecular flexibility index (Phi) is 12.8. The van der Waals surface area contributed by atoms with E-state index in [9.17, 15) is 0 Å². The van der Waals surface area contributed by atoms with Crippen LogP contribution in [0, 0.1) is 0 Å². The fourth-order valence-corrected chi connectivity index (χ4v) is 3.29. The average Bonchev–Trinajstić information content (AvgIpc) is 2.47. The molecule has 1 fully saturated rings. The van der Waals surface area contributed by atoms with Crippen LogP contribution in [0.5, 0.6) is 0 Å². The highest BCUT2D eigenvalue weighted by molar-refractivity contribution is 5.60. The molecule has 1 saturated heterocycles. The Morgan fingerprint density at radius 3 is 1.86 bits per heavy atom. The van der Waals surface area contributed by atoms with Crippen LogP contribution in [0.3, 0.4) is 0 Å². The van der Waals surface area contributed by atoms with Crippen LogP contribution >= 0.6 is 0 Å². The van der Waals surface area contributed by atoms with Crippen molar-refractivity contribution in [1.29, 1.82) is 0 Å². The molecule has 1 aliphatic rings. The molecule has 1 rings (SSSR count). The van der Waals surface area contributed by atoms with Gasteiger partial charge in [0.2, 0.25) is 0 Å². The first kappa shape index (κ1) is 20.4. The fourth-order valence-electron chi connectivity index (χ4n) is 3.29. The topological polar surface area (TPSA) is 40.1 Å². The lowest BCUT2D eigenvalue weighted by atomic mass is 10.0. The van der Waals surface area contributed by atoms with Crippen LogP contribution in [0.15, 0.2) is 0 Å². The van der Waals surface area contributed by atoms with E-state index in [2.05, 4.69) is 13.8 Å². The summed E-state index contributed by atoms with van der Waals surface area (Å²) in [6.07, 6.45) is 14.6. The molecular formula is C18H37NO2. The maximum Gasteiger partial charge on any atom is 0.0786 e. The lowest BCUT2D eigenvalue weighted by molar-refractivity contribution is -0.931. The van der Waals surface area contributed by atoms with Gasteiger partial charge in [-0.25, -0.2) is 0 Å². The quantitative estimate of drug-likeness (QED) is 0.483. The normalized spacial score (nSPS) is 16.9. The summed E-state index contributed by atoms with van der Waals surface area (Å²) in [5.41, 5.74) is 0. The Morgan fingerprint density at radius 1 is 0.905 bits per heavy atom. The number of aliphatic carboxylic acids is 1. The molecule has 0 saturated carbocycles. The number of hydrogen-bond donors (Lipinski definition) is 0. The van der Waals surface area contributed by atoms with E-state index in [0.717, 1.165) is 6.92 Å². The molecule has 0 atom stereocenters. The Bertz CT molecular complexity index is 244. The number of carboxylic acids is 1. The molecule has 0 aromatic carbocycles. The van der Waals surface area contributed by atoms with Crippen molar-refractivity contribution in [2.75, 3.05) is 26.2 Å². The number of rotatable bonds is 9. The molecule has 126 valence electrons. The van der Waals surface area contributed by atoms with Gasteiger partial charge in [0.05, 0.1) is 26.2 Å². The molecule has 0 amide bonds. The third-order valence-electron chi connectivity index (χ3n) is 4.67. The van der Waals surface area contributed by atoms with E-state index in [4.69, 9.17) is 9.90 Å². The first-order chi connectivity index (χ1) is 10.1. The van der Waals surface area contributed by atoms with Crippen LogP contribution in [-0.2, 0) is 4.79 Å². The summed E-state index contributed by atoms with van der Waals surface area (Å²) in [6, 6.07) is 0. The van der Waals surface area contributed by atoms with Crippen LogP contribution in [-0.4, -0.2) is 36.6 Å². The molecule has 1 aliphatic heterocycles. The predicted octanol–water partition coefficient (Wildman–Crippen LogP) is 3.51. The smallest absolute Gasteiger partial charge is 0.0786 e. The van der Waals surface area contributed by atoms with E-state index in [0.29, 0.717) is 0 Å². The molecule has 0 N–H and O–H groups in total. The van der Waals surface area contributed by atoms with Gasteiger partial charge in [-0.15, -0.1) is 0 Å². The van der Waals surface area contributed by atoms with Crippen molar-refractivity contribution in [2.45, 2.75) is 85.0 Å². The van der Waals surface area contributed by atoms with Crippen LogP contribution in [0.1, 0.15) is 85.0 Å². The van der Waals surface area contributed by atoms with Gasteiger partial charge in [-0.05, 0) is 46.0 Å². The van der Waals surface area contributed by atoms with E-state index in [1.807, 2.05) is 0 Å². The molecule has 0 aromatic heterocycles. The Balaban J connectivity index is 0.000000885. The summed E-state index contributed by atoms with van der Waals surface area (Å²) in [7, 11) is 0. The zero-order chi connectivity index (χ0) is 16.0. The van der Waals surface area contributed by atoms with Crippen molar-refractivity contribution in [3.8, 4) is 0 Å². The molecule has 1 heterocycles. The maximum atomic E-state index is 8.89. The second kappa shape index (κ2) is 13.1. The van der Waals surface area contributed by atoms with Gasteiger partial charge >= 0.3 is 0 Å². The SMILES string of the molecule is CC(=O)[O-].CCCCCCCCC[N+]1(CC)CCCCC1. The van der Waals surface area contributed by atoms with E-state index >= 15 is 0 Å². The predicted molar refractivity (Wildman–Crippen MR) is 87.9 cm³/mol. The Hall–Kier alpha value is -0.570. The highest BCUT2D eigenvalue weighted by Crippen LogP contribution is 2.20. The zero-order valence-electron chi connectivity index (χ0n) is 14.7. The second-order valence-corrected chi connectivity index (χ2v) is 6.50. The summed E-state index contributed by atoms with van der Waals surface area (Å²) < 4.78 is 1.44. The van der Waals surface area contributed by atoms with Gasteiger partial charge in [0.1, 0.15) is 0 Å². The fraction of sp³-hybridized carbons (Fsp3) is 0.944. The van der Waals surface area contributed by atoms with Crippen LogP contribution in [0.25, 0.3) is 0 Å². The van der Waals surface area contributed by atoms with Gasteiger partial charge < -0.3 is 14.4 Å². The van der Waals surface area contributed by atoms with Gasteiger partial charge in [-0.2, -0.15) is 0 Å². The van der Waals surface area contributed by atoms with Crippen molar-refractivity contribution in [2.24, 2.45) is 0 Å². The first-order valence-electron chi connectivity index (χ1n) is 9.09. The van der Waals surface area contributed by atoms with E-state index in [1.165, 1.54) is 94.9 Å². The lowest BCUT2D eigenvalue weighted by Crippen LogP contribution is -2.51. The summed E-state index contributed by atoms with van der Waals surface area (Å²) in [4.78, 5) is 8.89. The number of carbonyl (C=O) groups is 1. The monoisotopic (exact) mass is 299 g/mol. The molecule has 3 nitrogen and oxygen atoms in total. The number of unbranched alkanes of at least 4 members (excludes halogenated alkanes) is 6. The number of piperidine rings is 1. The lowest BCUT2D eigenvalue weighted by Gasteiger charge is -2.41. The van der Waals surface area contributed by atoms with Gasteiger partial charge in [-0.3, -0.25) is 0 Å². The van der Waals surface area contributed by atoms with Crippen molar-refractivity contribution < 1.29 is 14.4 Å². The largest absolute Gasteiger partial charge is 0.550 e. The van der Waals surface area contributed by atoms with Crippen molar-refractivity contribution >= 4 is 5.97 Å². The number of likely N-dealkylation sites (tertiary alicyclic amines) is 1. The third-order valence-corrected chi connectivity index (χ3v) is 4.67. The van der Waals surface area contributed by atoms with Crippen molar-refractivity contribution in [1.82, 2.24) is 0 Å². The van der Waals surface area contributed by atoms with Gasteiger partial charge in [0.25, 0.3) is 0 Å². The minimum atomic E-state index is -1.08. The van der Waals surface area contributed by atoms with Crippen LogP contribution in [0.2, 0.25) is 0 Å². The summed E-state index contributed by atoms with van der Waals surface area (Å²) in [6.45, 7) is 11.4. The van der Waals surface area contributed by atoms with Crippen LogP contribution < -0.4 is 5.11 Å². The van der Waals surface area contributed by atoms with E-state index < -0.39 is 5.97 Å². The molecule has 3 heteroatoms. The van der Waals surface area contributed by atoms with Crippen LogP contribution in [0.4, 0.5) is 0 Å². The molecule has 0 spiro atoms. The molecule has 21 heavy (non-hydrogen) atoms. The minimum Gasteiger partial charge on any atom is -0.550 e. The number of carboxylic acid groups (broad SMARTS) is 1. The second-order valence-electron chi connectivity index (χ2n) is 6.50. The molecule has 0 bridgehead atoms. The van der Waals surface area contributed by atoms with Gasteiger partial charge in [0.15, 0.2) is 0 Å².